The molecule has 16 heavy (non-hydrogen) atoms. The quantitative estimate of drug-likeness (QED) is 0.336. The summed E-state index contributed by atoms with van der Waals surface area (Å²) in [4.78, 5) is 0. The van der Waals surface area contributed by atoms with Crippen molar-refractivity contribution in [1.29, 1.82) is 0 Å². The van der Waals surface area contributed by atoms with Crippen LogP contribution in [0.3, 0.4) is 0 Å². The van der Waals surface area contributed by atoms with Gasteiger partial charge in [-0.25, -0.2) is 4.39 Å². The number of nitrogens with two attached hydrogens (primary N) is 1. The molecule has 0 aliphatic carbocycles. The van der Waals surface area contributed by atoms with Gasteiger partial charge in [0.1, 0.15) is 5.82 Å². The SMILES string of the molecule is C=CCCCC(NN)c1cccc(C)c1F. The summed E-state index contributed by atoms with van der Waals surface area (Å²) in [6.45, 7) is 5.42. The first kappa shape index (κ1) is 12.9. The van der Waals surface area contributed by atoms with Crippen LogP contribution in [-0.4, -0.2) is 0 Å². The van der Waals surface area contributed by atoms with E-state index in [1.54, 1.807) is 19.1 Å². The van der Waals surface area contributed by atoms with Crippen LogP contribution in [0.2, 0.25) is 0 Å². The average molecular weight is 222 g/mol. The van der Waals surface area contributed by atoms with Gasteiger partial charge in [0.2, 0.25) is 0 Å². The molecule has 0 fully saturated rings. The molecule has 1 unspecified atom stereocenters. The highest BCUT2D eigenvalue weighted by Gasteiger charge is 2.14. The Hall–Kier alpha value is -1.19. The molecule has 88 valence electrons. The average Bonchev–Trinajstić information content (AvgIpc) is 2.29. The number of rotatable bonds is 6. The molecule has 1 atom stereocenters. The number of hydrogen-bond acceptors (Lipinski definition) is 2. The van der Waals surface area contributed by atoms with Crippen molar-refractivity contribution in [1.82, 2.24) is 5.43 Å². The second-order valence-electron chi connectivity index (χ2n) is 3.92. The first-order chi connectivity index (χ1) is 7.70. The predicted molar refractivity (Wildman–Crippen MR) is 65.2 cm³/mol. The fourth-order valence-corrected chi connectivity index (χ4v) is 1.73. The van der Waals surface area contributed by atoms with Crippen LogP contribution in [0, 0.1) is 12.7 Å². The van der Waals surface area contributed by atoms with Gasteiger partial charge in [-0.1, -0.05) is 24.3 Å². The third-order valence-corrected chi connectivity index (χ3v) is 2.70. The van der Waals surface area contributed by atoms with Gasteiger partial charge in [0, 0.05) is 11.6 Å². The van der Waals surface area contributed by atoms with Crippen LogP contribution in [-0.2, 0) is 0 Å². The molecule has 0 radical (unpaired) electrons. The van der Waals surface area contributed by atoms with Gasteiger partial charge < -0.3 is 0 Å². The highest BCUT2D eigenvalue weighted by Crippen LogP contribution is 2.23. The second kappa shape index (κ2) is 6.40. The van der Waals surface area contributed by atoms with Crippen molar-refractivity contribution in [3.8, 4) is 0 Å². The van der Waals surface area contributed by atoms with E-state index in [-0.39, 0.29) is 11.9 Å². The van der Waals surface area contributed by atoms with Gasteiger partial charge in [-0.15, -0.1) is 6.58 Å². The molecule has 1 aromatic carbocycles. The summed E-state index contributed by atoms with van der Waals surface area (Å²) in [5.74, 6) is 5.30. The molecule has 1 aromatic rings. The van der Waals surface area contributed by atoms with E-state index in [1.807, 2.05) is 12.1 Å². The summed E-state index contributed by atoms with van der Waals surface area (Å²) in [6.07, 6.45) is 4.54. The molecule has 3 N–H and O–H groups in total. The minimum atomic E-state index is -0.163. The number of hydrazine groups is 1. The zero-order chi connectivity index (χ0) is 12.0. The van der Waals surface area contributed by atoms with Crippen LogP contribution in [0.15, 0.2) is 30.9 Å². The number of unbranched alkanes of at least 4 members (excludes halogenated alkanes) is 1. The summed E-state index contributed by atoms with van der Waals surface area (Å²) in [5.41, 5.74) is 3.97. The van der Waals surface area contributed by atoms with Crippen LogP contribution in [0.1, 0.15) is 36.4 Å². The highest BCUT2D eigenvalue weighted by atomic mass is 19.1. The Balaban J connectivity index is 2.78. The Morgan fingerprint density at radius 1 is 1.56 bits per heavy atom. The third kappa shape index (κ3) is 3.15. The first-order valence-electron chi connectivity index (χ1n) is 5.52. The summed E-state index contributed by atoms with van der Waals surface area (Å²) in [5, 5.41) is 0. The van der Waals surface area contributed by atoms with Crippen LogP contribution in [0.5, 0.6) is 0 Å². The number of benzene rings is 1. The van der Waals surface area contributed by atoms with Crippen molar-refractivity contribution >= 4 is 0 Å². The minimum absolute atomic E-state index is 0.125. The normalized spacial score (nSPS) is 12.4. The fourth-order valence-electron chi connectivity index (χ4n) is 1.73. The lowest BCUT2D eigenvalue weighted by molar-refractivity contribution is 0.472. The lowest BCUT2D eigenvalue weighted by atomic mass is 9.99. The molecule has 0 aliphatic rings. The summed E-state index contributed by atoms with van der Waals surface area (Å²) >= 11 is 0. The van der Waals surface area contributed by atoms with Crippen molar-refractivity contribution < 1.29 is 4.39 Å². The molecule has 0 saturated heterocycles. The molecule has 0 amide bonds. The number of aryl methyl sites for hydroxylation is 1. The largest absolute Gasteiger partial charge is 0.271 e. The molecular weight excluding hydrogens is 203 g/mol. The smallest absolute Gasteiger partial charge is 0.130 e. The molecular formula is C13H19FN2. The molecule has 0 aliphatic heterocycles. The Labute approximate surface area is 96.3 Å². The first-order valence-corrected chi connectivity index (χ1v) is 5.52. The van der Waals surface area contributed by atoms with Crippen molar-refractivity contribution in [2.45, 2.75) is 32.2 Å². The number of hydrogen-bond donors (Lipinski definition) is 2. The fraction of sp³-hybridized carbons (Fsp3) is 0.385. The molecule has 3 heteroatoms. The van der Waals surface area contributed by atoms with Gasteiger partial charge in [0.25, 0.3) is 0 Å². The lowest BCUT2D eigenvalue weighted by Crippen LogP contribution is -2.28. The van der Waals surface area contributed by atoms with Crippen molar-refractivity contribution in [3.63, 3.8) is 0 Å². The van der Waals surface area contributed by atoms with Gasteiger partial charge in [-0.05, 0) is 31.7 Å². The van der Waals surface area contributed by atoms with E-state index in [9.17, 15) is 4.39 Å². The highest BCUT2D eigenvalue weighted by molar-refractivity contribution is 5.27. The van der Waals surface area contributed by atoms with Gasteiger partial charge in [0.15, 0.2) is 0 Å². The third-order valence-electron chi connectivity index (χ3n) is 2.70. The van der Waals surface area contributed by atoms with Gasteiger partial charge in [0.05, 0.1) is 0 Å². The molecule has 0 spiro atoms. The summed E-state index contributed by atoms with van der Waals surface area (Å²) in [7, 11) is 0. The second-order valence-corrected chi connectivity index (χ2v) is 3.92. The van der Waals surface area contributed by atoms with Crippen molar-refractivity contribution in [3.05, 3.63) is 47.8 Å². The maximum atomic E-state index is 13.8. The van der Waals surface area contributed by atoms with Crippen LogP contribution in [0.25, 0.3) is 0 Å². The van der Waals surface area contributed by atoms with E-state index < -0.39 is 0 Å². The maximum absolute atomic E-state index is 13.8. The van der Waals surface area contributed by atoms with Crippen LogP contribution < -0.4 is 11.3 Å². The Morgan fingerprint density at radius 2 is 2.31 bits per heavy atom. The Morgan fingerprint density at radius 3 is 2.94 bits per heavy atom. The summed E-state index contributed by atoms with van der Waals surface area (Å²) < 4.78 is 13.8. The Kier molecular flexibility index (Phi) is 5.15. The van der Waals surface area contributed by atoms with Crippen molar-refractivity contribution in [2.24, 2.45) is 5.84 Å². The van der Waals surface area contributed by atoms with E-state index in [0.29, 0.717) is 11.1 Å². The van der Waals surface area contributed by atoms with Crippen LogP contribution >= 0.6 is 0 Å². The summed E-state index contributed by atoms with van der Waals surface area (Å²) in [6, 6.07) is 5.27. The topological polar surface area (TPSA) is 38.0 Å². The van der Waals surface area contributed by atoms with E-state index >= 15 is 0 Å². The van der Waals surface area contributed by atoms with Gasteiger partial charge >= 0.3 is 0 Å². The number of nitrogens with one attached hydrogen (secondary N) is 1. The molecule has 0 aromatic heterocycles. The van der Waals surface area contributed by atoms with E-state index in [4.69, 9.17) is 5.84 Å². The zero-order valence-electron chi connectivity index (χ0n) is 9.67. The van der Waals surface area contributed by atoms with Gasteiger partial charge in [-0.3, -0.25) is 11.3 Å². The van der Waals surface area contributed by atoms with E-state index in [1.165, 1.54) is 0 Å². The monoisotopic (exact) mass is 222 g/mol. The lowest BCUT2D eigenvalue weighted by Gasteiger charge is -2.17. The van der Waals surface area contributed by atoms with E-state index in [0.717, 1.165) is 19.3 Å². The molecule has 0 heterocycles. The van der Waals surface area contributed by atoms with E-state index in [2.05, 4.69) is 12.0 Å². The number of halogens is 1. The van der Waals surface area contributed by atoms with Gasteiger partial charge in [-0.2, -0.15) is 0 Å². The molecule has 0 saturated carbocycles. The Bertz CT molecular complexity index is 350. The zero-order valence-corrected chi connectivity index (χ0v) is 9.67. The maximum Gasteiger partial charge on any atom is 0.130 e. The minimum Gasteiger partial charge on any atom is -0.271 e. The predicted octanol–water partition coefficient (Wildman–Crippen LogP) is 2.99. The number of allylic oxidation sites excluding steroid dienone is 1. The molecule has 2 nitrogen and oxygen atoms in total. The standard InChI is InChI=1S/C13H19FN2/c1-3-4-5-9-12(16-15)11-8-6-7-10(2)13(11)14/h3,6-8,12,16H,1,4-5,9,15H2,2H3. The van der Waals surface area contributed by atoms with Crippen molar-refractivity contribution in [2.75, 3.05) is 0 Å². The molecule has 0 bridgehead atoms. The molecule has 1 rings (SSSR count). The van der Waals surface area contributed by atoms with Crippen LogP contribution in [0.4, 0.5) is 4.39 Å².